The van der Waals surface area contributed by atoms with Gasteiger partial charge in [0, 0.05) is 30.6 Å². The maximum Gasteiger partial charge on any atom is 0.309 e. The zero-order chi connectivity index (χ0) is 15.8. The molecule has 4 heteroatoms. The number of hydrogen-bond acceptors (Lipinski definition) is 3. The van der Waals surface area contributed by atoms with Crippen LogP contribution in [0, 0.1) is 5.92 Å². The summed E-state index contributed by atoms with van der Waals surface area (Å²) in [4.78, 5) is 13.0. The fourth-order valence-electron chi connectivity index (χ4n) is 3.01. The van der Waals surface area contributed by atoms with Gasteiger partial charge in [-0.2, -0.15) is 0 Å². The molecular weight excluding hydrogens is 290 g/mol. The van der Waals surface area contributed by atoms with Crippen molar-refractivity contribution in [3.05, 3.63) is 60.2 Å². The molecule has 0 aliphatic carbocycles. The number of rotatable bonds is 4. The van der Waals surface area contributed by atoms with Crippen LogP contribution in [0.3, 0.4) is 0 Å². The van der Waals surface area contributed by atoms with E-state index < -0.39 is 5.97 Å². The third-order valence-electron chi connectivity index (χ3n) is 4.38. The van der Waals surface area contributed by atoms with Crippen molar-refractivity contribution in [2.75, 3.05) is 13.1 Å². The monoisotopic (exact) mass is 307 g/mol. The number of para-hydroxylation sites is 1. The minimum Gasteiger partial charge on any atom is -0.481 e. The number of carboxylic acids is 1. The lowest BCUT2D eigenvalue weighted by atomic mass is 9.99. The Labute approximate surface area is 133 Å². The maximum absolute atomic E-state index is 10.8. The van der Waals surface area contributed by atoms with E-state index in [-0.39, 0.29) is 5.92 Å². The van der Waals surface area contributed by atoms with Gasteiger partial charge in [-0.05, 0) is 17.7 Å². The smallest absolute Gasteiger partial charge is 0.309 e. The lowest BCUT2D eigenvalue weighted by Gasteiger charge is -2.36. The molecule has 0 radical (unpaired) electrons. The Bertz CT molecular complexity index is 811. The number of fused-ring (bicyclic) bond motifs is 1. The Morgan fingerprint density at radius 2 is 1.87 bits per heavy atom. The van der Waals surface area contributed by atoms with Gasteiger partial charge in [0.15, 0.2) is 0 Å². The topological polar surface area (TPSA) is 53.7 Å². The molecule has 2 heterocycles. The molecular formula is C19H17NO3. The average Bonchev–Trinajstić information content (AvgIpc) is 2.94. The molecule has 2 aromatic carbocycles. The predicted molar refractivity (Wildman–Crippen MR) is 88.1 cm³/mol. The number of carboxylic acid groups (broad SMARTS) is 1. The Morgan fingerprint density at radius 3 is 2.57 bits per heavy atom. The van der Waals surface area contributed by atoms with Crippen LogP contribution in [0.1, 0.15) is 5.56 Å². The summed E-state index contributed by atoms with van der Waals surface area (Å²) in [5.74, 6) is -0.0288. The number of likely N-dealkylation sites (tertiary alicyclic amines) is 1. The first-order chi connectivity index (χ1) is 11.2. The first-order valence-corrected chi connectivity index (χ1v) is 7.72. The van der Waals surface area contributed by atoms with Crippen molar-refractivity contribution >= 4 is 16.9 Å². The Morgan fingerprint density at radius 1 is 1.13 bits per heavy atom. The molecule has 1 fully saturated rings. The lowest BCUT2D eigenvalue weighted by molar-refractivity contribution is -0.147. The highest BCUT2D eigenvalue weighted by Gasteiger charge is 2.32. The van der Waals surface area contributed by atoms with Crippen LogP contribution in [0.25, 0.3) is 22.3 Å². The fraction of sp³-hybridized carbons (Fsp3) is 0.211. The van der Waals surface area contributed by atoms with Gasteiger partial charge in [0.05, 0.1) is 5.92 Å². The van der Waals surface area contributed by atoms with E-state index in [2.05, 4.69) is 35.2 Å². The molecule has 1 aliphatic heterocycles. The molecule has 23 heavy (non-hydrogen) atoms. The highest BCUT2D eigenvalue weighted by molar-refractivity contribution is 5.82. The summed E-state index contributed by atoms with van der Waals surface area (Å²) in [7, 11) is 0. The predicted octanol–water partition coefficient (Wildman–Crippen LogP) is 3.62. The van der Waals surface area contributed by atoms with Crippen molar-refractivity contribution in [3.8, 4) is 11.3 Å². The quantitative estimate of drug-likeness (QED) is 0.800. The molecule has 1 N–H and O–H groups in total. The molecule has 0 atom stereocenters. The number of benzene rings is 2. The van der Waals surface area contributed by atoms with Crippen LogP contribution in [0.5, 0.6) is 0 Å². The minimum atomic E-state index is -0.693. The van der Waals surface area contributed by atoms with Crippen LogP contribution in [0.2, 0.25) is 0 Å². The van der Waals surface area contributed by atoms with Gasteiger partial charge in [0.1, 0.15) is 11.3 Å². The van der Waals surface area contributed by atoms with Crippen molar-refractivity contribution in [2.24, 2.45) is 5.92 Å². The van der Waals surface area contributed by atoms with E-state index in [9.17, 15) is 4.79 Å². The van der Waals surface area contributed by atoms with Crippen molar-refractivity contribution < 1.29 is 14.3 Å². The first-order valence-electron chi connectivity index (χ1n) is 7.72. The van der Waals surface area contributed by atoms with Gasteiger partial charge in [-0.1, -0.05) is 42.5 Å². The standard InChI is InChI=1S/C19H17NO3/c21-19(22)16-11-20(12-16)10-13-5-7-14(8-6-13)18-9-15-3-1-2-4-17(15)23-18/h1-9,16H,10-12H2,(H,21,22). The van der Waals surface area contributed by atoms with Crippen molar-refractivity contribution in [3.63, 3.8) is 0 Å². The van der Waals surface area contributed by atoms with Gasteiger partial charge in [-0.15, -0.1) is 0 Å². The largest absolute Gasteiger partial charge is 0.481 e. The summed E-state index contributed by atoms with van der Waals surface area (Å²) < 4.78 is 5.87. The second-order valence-corrected chi connectivity index (χ2v) is 6.07. The summed E-state index contributed by atoms with van der Waals surface area (Å²) in [6.45, 7) is 2.07. The minimum absolute atomic E-state index is 0.204. The Balaban J connectivity index is 1.46. The Kier molecular flexibility index (Phi) is 3.39. The molecule has 0 unspecified atom stereocenters. The summed E-state index contributed by atoms with van der Waals surface area (Å²) >= 11 is 0. The van der Waals surface area contributed by atoms with Crippen LogP contribution >= 0.6 is 0 Å². The van der Waals surface area contributed by atoms with E-state index in [1.54, 1.807) is 0 Å². The van der Waals surface area contributed by atoms with Gasteiger partial charge in [-0.25, -0.2) is 0 Å². The molecule has 116 valence electrons. The molecule has 0 amide bonds. The lowest BCUT2D eigenvalue weighted by Crippen LogP contribution is -2.49. The average molecular weight is 307 g/mol. The Hall–Kier alpha value is -2.59. The molecule has 3 aromatic rings. The van der Waals surface area contributed by atoms with Gasteiger partial charge < -0.3 is 9.52 Å². The number of hydrogen-bond donors (Lipinski definition) is 1. The zero-order valence-electron chi connectivity index (χ0n) is 12.6. The van der Waals surface area contributed by atoms with Crippen molar-refractivity contribution in [1.29, 1.82) is 0 Å². The van der Waals surface area contributed by atoms with Gasteiger partial charge in [0.2, 0.25) is 0 Å². The normalized spacial score (nSPS) is 15.7. The molecule has 0 bridgehead atoms. The molecule has 0 saturated carbocycles. The highest BCUT2D eigenvalue weighted by Crippen LogP contribution is 2.28. The summed E-state index contributed by atoms with van der Waals surface area (Å²) in [5, 5.41) is 10.0. The second-order valence-electron chi connectivity index (χ2n) is 6.07. The van der Waals surface area contributed by atoms with Crippen LogP contribution in [-0.4, -0.2) is 29.1 Å². The first kappa shape index (κ1) is 14.0. The number of furan rings is 1. The van der Waals surface area contributed by atoms with Gasteiger partial charge >= 0.3 is 5.97 Å². The van der Waals surface area contributed by atoms with E-state index >= 15 is 0 Å². The van der Waals surface area contributed by atoms with E-state index in [0.717, 1.165) is 28.8 Å². The third-order valence-corrected chi connectivity index (χ3v) is 4.38. The molecule has 1 aliphatic rings. The number of carbonyl (C=O) groups is 1. The molecule has 4 rings (SSSR count). The summed E-state index contributed by atoms with van der Waals surface area (Å²) in [6, 6.07) is 18.3. The van der Waals surface area contributed by atoms with E-state index in [0.29, 0.717) is 13.1 Å². The highest BCUT2D eigenvalue weighted by atomic mass is 16.4. The van der Waals surface area contributed by atoms with E-state index in [1.807, 2.05) is 24.3 Å². The summed E-state index contributed by atoms with van der Waals surface area (Å²) in [5.41, 5.74) is 3.14. The molecule has 1 saturated heterocycles. The molecule has 4 nitrogen and oxygen atoms in total. The molecule has 0 spiro atoms. The molecule has 1 aromatic heterocycles. The summed E-state index contributed by atoms with van der Waals surface area (Å²) in [6.07, 6.45) is 0. The van der Waals surface area contributed by atoms with Gasteiger partial charge in [-0.3, -0.25) is 9.69 Å². The zero-order valence-corrected chi connectivity index (χ0v) is 12.6. The maximum atomic E-state index is 10.8. The van der Waals surface area contributed by atoms with Crippen LogP contribution in [-0.2, 0) is 11.3 Å². The van der Waals surface area contributed by atoms with Crippen LogP contribution in [0.4, 0.5) is 0 Å². The SMILES string of the molecule is O=C(O)C1CN(Cc2ccc(-c3cc4ccccc4o3)cc2)C1. The number of aliphatic carboxylic acids is 1. The third kappa shape index (κ3) is 2.73. The fourth-order valence-corrected chi connectivity index (χ4v) is 3.01. The van der Waals surface area contributed by atoms with Crippen LogP contribution < -0.4 is 0 Å². The van der Waals surface area contributed by atoms with Crippen molar-refractivity contribution in [1.82, 2.24) is 4.90 Å². The van der Waals surface area contributed by atoms with E-state index in [4.69, 9.17) is 9.52 Å². The van der Waals surface area contributed by atoms with Crippen LogP contribution in [0.15, 0.2) is 59.0 Å². The second kappa shape index (κ2) is 5.56. The number of nitrogens with zero attached hydrogens (tertiary/aromatic N) is 1. The van der Waals surface area contributed by atoms with E-state index in [1.165, 1.54) is 5.56 Å². The van der Waals surface area contributed by atoms with Gasteiger partial charge in [0.25, 0.3) is 0 Å². The van der Waals surface area contributed by atoms with Crippen molar-refractivity contribution in [2.45, 2.75) is 6.54 Å².